The quantitative estimate of drug-likeness (QED) is 0.847. The lowest BCUT2D eigenvalue weighted by molar-refractivity contribution is 0.589. The van der Waals surface area contributed by atoms with Crippen molar-refractivity contribution in [3.63, 3.8) is 0 Å². The maximum absolute atomic E-state index is 3.50. The summed E-state index contributed by atoms with van der Waals surface area (Å²) in [4.78, 5) is 0. The van der Waals surface area contributed by atoms with Crippen LogP contribution in [0.3, 0.4) is 0 Å². The molecule has 0 radical (unpaired) electrons. The zero-order valence-electron chi connectivity index (χ0n) is 12.3. The molecule has 100 valence electrons. The lowest BCUT2D eigenvalue weighted by Gasteiger charge is -2.13. The van der Waals surface area contributed by atoms with E-state index < -0.39 is 0 Å². The van der Waals surface area contributed by atoms with Crippen molar-refractivity contribution in [2.24, 2.45) is 0 Å². The van der Waals surface area contributed by atoms with Crippen molar-refractivity contribution >= 4 is 0 Å². The molecule has 1 nitrogen and oxygen atoms in total. The molecule has 0 heterocycles. The minimum atomic E-state index is 0.507. The second-order valence-electron chi connectivity index (χ2n) is 5.49. The molecule has 0 aromatic heterocycles. The Balaban J connectivity index is 2.35. The van der Waals surface area contributed by atoms with Gasteiger partial charge in [-0.15, -0.1) is 0 Å². The minimum Gasteiger partial charge on any atom is -0.310 e. The van der Waals surface area contributed by atoms with E-state index in [1.54, 1.807) is 0 Å². The SMILES string of the molecule is Cc1ccc(-c2ccccc2CNC(C)C)cc1C. The van der Waals surface area contributed by atoms with Crippen LogP contribution < -0.4 is 5.32 Å². The number of rotatable bonds is 4. The van der Waals surface area contributed by atoms with Gasteiger partial charge in [0.15, 0.2) is 0 Å². The Morgan fingerprint density at radius 1 is 0.947 bits per heavy atom. The van der Waals surface area contributed by atoms with Crippen LogP contribution in [-0.2, 0) is 6.54 Å². The summed E-state index contributed by atoms with van der Waals surface area (Å²) in [7, 11) is 0. The molecular weight excluding hydrogens is 230 g/mol. The molecule has 1 heteroatoms. The molecule has 1 N–H and O–H groups in total. The molecule has 0 aliphatic rings. The largest absolute Gasteiger partial charge is 0.310 e. The van der Waals surface area contributed by atoms with E-state index in [1.807, 2.05) is 0 Å². The van der Waals surface area contributed by atoms with Crippen molar-refractivity contribution in [3.8, 4) is 11.1 Å². The lowest BCUT2D eigenvalue weighted by Crippen LogP contribution is -2.22. The van der Waals surface area contributed by atoms with Crippen LogP contribution in [0.5, 0.6) is 0 Å². The van der Waals surface area contributed by atoms with Crippen LogP contribution in [0, 0.1) is 13.8 Å². The van der Waals surface area contributed by atoms with E-state index in [-0.39, 0.29) is 0 Å². The van der Waals surface area contributed by atoms with Crippen molar-refractivity contribution in [1.29, 1.82) is 0 Å². The Kier molecular flexibility index (Phi) is 4.39. The molecule has 0 fully saturated rings. The zero-order valence-corrected chi connectivity index (χ0v) is 12.3. The number of hydrogen-bond acceptors (Lipinski definition) is 1. The monoisotopic (exact) mass is 253 g/mol. The summed E-state index contributed by atoms with van der Waals surface area (Å²) in [6.07, 6.45) is 0. The Bertz CT molecular complexity index is 555. The molecule has 0 aliphatic carbocycles. The van der Waals surface area contributed by atoms with Gasteiger partial charge >= 0.3 is 0 Å². The van der Waals surface area contributed by atoms with Gasteiger partial charge in [0.25, 0.3) is 0 Å². The summed E-state index contributed by atoms with van der Waals surface area (Å²) in [5.41, 5.74) is 6.70. The van der Waals surface area contributed by atoms with Gasteiger partial charge in [-0.2, -0.15) is 0 Å². The third-order valence-corrected chi connectivity index (χ3v) is 3.54. The van der Waals surface area contributed by atoms with Gasteiger partial charge in [0, 0.05) is 12.6 Å². The second kappa shape index (κ2) is 6.03. The summed E-state index contributed by atoms with van der Waals surface area (Å²) in [5, 5.41) is 3.50. The first kappa shape index (κ1) is 13.8. The molecule has 0 unspecified atom stereocenters. The Labute approximate surface area is 116 Å². The van der Waals surface area contributed by atoms with Crippen LogP contribution in [0.4, 0.5) is 0 Å². The first-order valence-electron chi connectivity index (χ1n) is 6.97. The normalized spacial score (nSPS) is 11.0. The zero-order chi connectivity index (χ0) is 13.8. The third kappa shape index (κ3) is 3.45. The molecule has 2 aromatic carbocycles. The summed E-state index contributed by atoms with van der Waals surface area (Å²) in [5.74, 6) is 0. The Morgan fingerprint density at radius 2 is 1.68 bits per heavy atom. The summed E-state index contributed by atoms with van der Waals surface area (Å²) in [6, 6.07) is 15.9. The van der Waals surface area contributed by atoms with Gasteiger partial charge in [-0.3, -0.25) is 0 Å². The number of aryl methyl sites for hydroxylation is 2. The van der Waals surface area contributed by atoms with Crippen molar-refractivity contribution < 1.29 is 0 Å². The van der Waals surface area contributed by atoms with Gasteiger partial charge in [-0.05, 0) is 41.7 Å². The summed E-state index contributed by atoms with van der Waals surface area (Å²) < 4.78 is 0. The van der Waals surface area contributed by atoms with Gasteiger partial charge in [0.05, 0.1) is 0 Å². The third-order valence-electron chi connectivity index (χ3n) is 3.54. The standard InChI is InChI=1S/C18H23N/c1-13(2)19-12-17-7-5-6-8-18(17)16-10-9-14(3)15(4)11-16/h5-11,13,19H,12H2,1-4H3. The Hall–Kier alpha value is -1.60. The van der Waals surface area contributed by atoms with Gasteiger partial charge in [-0.25, -0.2) is 0 Å². The average molecular weight is 253 g/mol. The molecule has 0 bridgehead atoms. The van der Waals surface area contributed by atoms with Crippen LogP contribution >= 0.6 is 0 Å². The average Bonchev–Trinajstić information content (AvgIpc) is 2.40. The highest BCUT2D eigenvalue weighted by Crippen LogP contribution is 2.25. The van der Waals surface area contributed by atoms with Gasteiger partial charge in [0.2, 0.25) is 0 Å². The fraction of sp³-hybridized carbons (Fsp3) is 0.333. The number of nitrogens with one attached hydrogen (secondary N) is 1. The molecule has 0 aliphatic heterocycles. The van der Waals surface area contributed by atoms with Gasteiger partial charge < -0.3 is 5.32 Å². The van der Waals surface area contributed by atoms with E-state index in [0.717, 1.165) is 6.54 Å². The number of benzene rings is 2. The van der Waals surface area contributed by atoms with Crippen LogP contribution in [0.2, 0.25) is 0 Å². The van der Waals surface area contributed by atoms with E-state index in [0.29, 0.717) is 6.04 Å². The van der Waals surface area contributed by atoms with Crippen LogP contribution in [-0.4, -0.2) is 6.04 Å². The summed E-state index contributed by atoms with van der Waals surface area (Å²) in [6.45, 7) is 9.61. The topological polar surface area (TPSA) is 12.0 Å². The van der Waals surface area contributed by atoms with Crippen molar-refractivity contribution in [3.05, 3.63) is 59.2 Å². The molecule has 0 atom stereocenters. The van der Waals surface area contributed by atoms with Crippen LogP contribution in [0.15, 0.2) is 42.5 Å². The van der Waals surface area contributed by atoms with E-state index in [4.69, 9.17) is 0 Å². The van der Waals surface area contributed by atoms with E-state index >= 15 is 0 Å². The summed E-state index contributed by atoms with van der Waals surface area (Å²) >= 11 is 0. The van der Waals surface area contributed by atoms with E-state index in [2.05, 4.69) is 75.5 Å². The van der Waals surface area contributed by atoms with Crippen molar-refractivity contribution in [2.75, 3.05) is 0 Å². The fourth-order valence-corrected chi connectivity index (χ4v) is 2.18. The highest BCUT2D eigenvalue weighted by Gasteiger charge is 2.06. The van der Waals surface area contributed by atoms with Crippen LogP contribution in [0.25, 0.3) is 11.1 Å². The molecule has 0 amide bonds. The second-order valence-corrected chi connectivity index (χ2v) is 5.49. The molecule has 2 aromatic rings. The smallest absolute Gasteiger partial charge is 0.0214 e. The van der Waals surface area contributed by atoms with E-state index in [1.165, 1.54) is 27.8 Å². The molecule has 0 spiro atoms. The first-order valence-corrected chi connectivity index (χ1v) is 6.97. The van der Waals surface area contributed by atoms with Gasteiger partial charge in [0.1, 0.15) is 0 Å². The maximum atomic E-state index is 3.50. The minimum absolute atomic E-state index is 0.507. The molecule has 0 saturated carbocycles. The van der Waals surface area contributed by atoms with Crippen molar-refractivity contribution in [2.45, 2.75) is 40.3 Å². The Morgan fingerprint density at radius 3 is 2.37 bits per heavy atom. The highest BCUT2D eigenvalue weighted by atomic mass is 14.9. The highest BCUT2D eigenvalue weighted by molar-refractivity contribution is 5.68. The van der Waals surface area contributed by atoms with E-state index in [9.17, 15) is 0 Å². The van der Waals surface area contributed by atoms with Crippen LogP contribution in [0.1, 0.15) is 30.5 Å². The molecule has 2 rings (SSSR count). The van der Waals surface area contributed by atoms with Crippen molar-refractivity contribution in [1.82, 2.24) is 5.32 Å². The maximum Gasteiger partial charge on any atom is 0.0214 e. The predicted molar refractivity (Wildman–Crippen MR) is 83.3 cm³/mol. The molecule has 19 heavy (non-hydrogen) atoms. The fourth-order valence-electron chi connectivity index (χ4n) is 2.18. The first-order chi connectivity index (χ1) is 9.08. The molecule has 0 saturated heterocycles. The molecular formula is C18H23N. The lowest BCUT2D eigenvalue weighted by atomic mass is 9.96. The number of hydrogen-bond donors (Lipinski definition) is 1. The van der Waals surface area contributed by atoms with Gasteiger partial charge in [-0.1, -0.05) is 56.3 Å². The predicted octanol–water partition coefficient (Wildman–Crippen LogP) is 4.47.